The number of aromatic nitrogens is 3. The van der Waals surface area contributed by atoms with Gasteiger partial charge in [-0.1, -0.05) is 63.6 Å². The maximum atomic E-state index is 15.1. The highest BCUT2D eigenvalue weighted by Gasteiger charge is 2.43. The summed E-state index contributed by atoms with van der Waals surface area (Å²) in [6.45, 7) is 1.78. The average Bonchev–Trinajstić information content (AvgIpc) is 3.07. The molecule has 0 N–H and O–H groups in total. The van der Waals surface area contributed by atoms with Gasteiger partial charge in [0, 0.05) is 10.0 Å². The maximum absolute atomic E-state index is 15.1. The van der Waals surface area contributed by atoms with Crippen molar-refractivity contribution in [3.05, 3.63) is 81.6 Å². The van der Waals surface area contributed by atoms with Gasteiger partial charge in [-0.2, -0.15) is 8.78 Å². The van der Waals surface area contributed by atoms with E-state index in [9.17, 15) is 4.79 Å². The smallest absolute Gasteiger partial charge is 0.358 e. The van der Waals surface area contributed by atoms with E-state index in [1.165, 1.54) is 24.3 Å². The molecule has 0 bridgehead atoms. The predicted molar refractivity (Wildman–Crippen MR) is 98.7 cm³/mol. The summed E-state index contributed by atoms with van der Waals surface area (Å²) < 4.78 is 37.0. The van der Waals surface area contributed by atoms with Crippen LogP contribution in [0.4, 0.5) is 8.78 Å². The third-order valence-corrected chi connectivity index (χ3v) is 4.41. The molecule has 0 aliphatic rings. The number of benzene rings is 2. The molecule has 3 rings (SSSR count). The highest BCUT2D eigenvalue weighted by Crippen LogP contribution is 2.37. The Bertz CT molecular complexity index is 928. The van der Waals surface area contributed by atoms with Crippen LogP contribution in [0.15, 0.2) is 59.1 Å². The molecule has 0 radical (unpaired) electrons. The van der Waals surface area contributed by atoms with Crippen LogP contribution in [0, 0.1) is 0 Å². The van der Waals surface area contributed by atoms with E-state index in [0.29, 0.717) is 4.47 Å². The number of halogens is 3. The number of ether oxygens (including phenoxy) is 1. The summed E-state index contributed by atoms with van der Waals surface area (Å²) in [6, 6.07) is 14.6. The molecule has 0 unspecified atom stereocenters. The largest absolute Gasteiger partial charge is 0.461 e. The first kappa shape index (κ1) is 19.2. The first-order valence-corrected chi connectivity index (χ1v) is 9.01. The standard InChI is InChI=1S/C19H16BrF2N3O2/c1-2-27-18(26)16-17(19(21,22)14-8-10-15(20)11-9-14)23-24-25(16)12-13-6-4-3-5-7-13/h3-11H,2,12H2,1H3. The van der Waals surface area contributed by atoms with Gasteiger partial charge < -0.3 is 4.74 Å². The van der Waals surface area contributed by atoms with Crippen molar-refractivity contribution >= 4 is 21.9 Å². The van der Waals surface area contributed by atoms with Crippen LogP contribution in [0.3, 0.4) is 0 Å². The zero-order valence-corrected chi connectivity index (χ0v) is 16.0. The number of esters is 1. The van der Waals surface area contributed by atoms with E-state index >= 15 is 8.78 Å². The molecule has 1 heterocycles. The van der Waals surface area contributed by atoms with E-state index in [4.69, 9.17) is 4.74 Å². The van der Waals surface area contributed by atoms with Crippen molar-refractivity contribution in [2.45, 2.75) is 19.4 Å². The number of alkyl halides is 2. The predicted octanol–water partition coefficient (Wildman–Crippen LogP) is 4.41. The molecular formula is C19H16BrF2N3O2. The summed E-state index contributed by atoms with van der Waals surface area (Å²) in [4.78, 5) is 12.4. The molecule has 0 spiro atoms. The fourth-order valence-corrected chi connectivity index (χ4v) is 2.85. The lowest BCUT2D eigenvalue weighted by atomic mass is 10.0. The van der Waals surface area contributed by atoms with Crippen molar-refractivity contribution in [1.29, 1.82) is 0 Å². The zero-order valence-electron chi connectivity index (χ0n) is 14.4. The molecule has 2 aromatic carbocycles. The molecule has 0 saturated heterocycles. The summed E-state index contributed by atoms with van der Waals surface area (Å²) in [7, 11) is 0. The number of carbonyl (C=O) groups excluding carboxylic acids is 1. The number of nitrogens with zero attached hydrogens (tertiary/aromatic N) is 3. The summed E-state index contributed by atoms with van der Waals surface area (Å²) in [6.07, 6.45) is 0. The van der Waals surface area contributed by atoms with Gasteiger partial charge in [-0.25, -0.2) is 9.48 Å². The molecule has 0 aliphatic heterocycles. The van der Waals surface area contributed by atoms with Crippen LogP contribution in [0.2, 0.25) is 0 Å². The molecule has 0 aliphatic carbocycles. The van der Waals surface area contributed by atoms with Crippen LogP contribution in [0.25, 0.3) is 0 Å². The van der Waals surface area contributed by atoms with E-state index in [1.54, 1.807) is 6.92 Å². The minimum atomic E-state index is -3.50. The number of hydrogen-bond acceptors (Lipinski definition) is 4. The van der Waals surface area contributed by atoms with Crippen LogP contribution in [0.5, 0.6) is 0 Å². The Labute approximate surface area is 163 Å². The maximum Gasteiger partial charge on any atom is 0.358 e. The van der Waals surface area contributed by atoms with Crippen LogP contribution in [0.1, 0.15) is 34.2 Å². The molecular weight excluding hydrogens is 420 g/mol. The molecule has 3 aromatic rings. The summed E-state index contributed by atoms with van der Waals surface area (Å²) in [5.74, 6) is -4.39. The van der Waals surface area contributed by atoms with Gasteiger partial charge in [0.1, 0.15) is 0 Å². The monoisotopic (exact) mass is 435 g/mol. The van der Waals surface area contributed by atoms with Crippen molar-refractivity contribution in [3.63, 3.8) is 0 Å². The third kappa shape index (κ3) is 4.05. The fourth-order valence-electron chi connectivity index (χ4n) is 2.59. The molecule has 8 heteroatoms. The third-order valence-electron chi connectivity index (χ3n) is 3.88. The first-order valence-electron chi connectivity index (χ1n) is 8.22. The Morgan fingerprint density at radius 3 is 2.44 bits per heavy atom. The summed E-state index contributed by atoms with van der Waals surface area (Å²) >= 11 is 3.22. The first-order chi connectivity index (χ1) is 12.9. The molecule has 1 aromatic heterocycles. The zero-order chi connectivity index (χ0) is 19.4. The van der Waals surface area contributed by atoms with Crippen LogP contribution >= 0.6 is 15.9 Å². The topological polar surface area (TPSA) is 57.0 Å². The molecule has 27 heavy (non-hydrogen) atoms. The Morgan fingerprint density at radius 1 is 1.15 bits per heavy atom. The van der Waals surface area contributed by atoms with Crippen LogP contribution < -0.4 is 0 Å². The van der Waals surface area contributed by atoms with E-state index in [-0.39, 0.29) is 24.4 Å². The Morgan fingerprint density at radius 2 is 1.81 bits per heavy atom. The second-order valence-corrected chi connectivity index (χ2v) is 6.65. The SMILES string of the molecule is CCOC(=O)c1c(C(F)(F)c2ccc(Br)cc2)nnn1Cc1ccccc1. The number of rotatable bonds is 6. The Kier molecular flexibility index (Phi) is 5.65. The quantitative estimate of drug-likeness (QED) is 0.538. The van der Waals surface area contributed by atoms with Gasteiger partial charge in [0.15, 0.2) is 11.4 Å². The van der Waals surface area contributed by atoms with Gasteiger partial charge in [0.25, 0.3) is 0 Å². The second kappa shape index (κ2) is 7.96. The Hall–Kier alpha value is -2.61. The van der Waals surface area contributed by atoms with Crippen molar-refractivity contribution in [3.8, 4) is 0 Å². The molecule has 0 saturated carbocycles. The molecule has 0 atom stereocenters. The lowest BCUT2D eigenvalue weighted by Crippen LogP contribution is -2.23. The Balaban J connectivity index is 2.06. The normalized spacial score (nSPS) is 11.4. The van der Waals surface area contributed by atoms with E-state index in [0.717, 1.165) is 10.2 Å². The van der Waals surface area contributed by atoms with Gasteiger partial charge in [0.05, 0.1) is 13.2 Å². The van der Waals surface area contributed by atoms with E-state index in [1.807, 2.05) is 30.3 Å². The van der Waals surface area contributed by atoms with Gasteiger partial charge in [-0.05, 0) is 24.6 Å². The molecule has 140 valence electrons. The highest BCUT2D eigenvalue weighted by molar-refractivity contribution is 9.10. The van der Waals surface area contributed by atoms with Crippen molar-refractivity contribution in [2.75, 3.05) is 6.61 Å². The van der Waals surface area contributed by atoms with Gasteiger partial charge >= 0.3 is 11.9 Å². The van der Waals surface area contributed by atoms with E-state index in [2.05, 4.69) is 26.2 Å². The summed E-state index contributed by atoms with van der Waals surface area (Å²) in [5, 5.41) is 7.44. The minimum Gasteiger partial charge on any atom is -0.461 e. The van der Waals surface area contributed by atoms with Crippen molar-refractivity contribution in [1.82, 2.24) is 15.0 Å². The van der Waals surface area contributed by atoms with Gasteiger partial charge in [-0.15, -0.1) is 5.10 Å². The highest BCUT2D eigenvalue weighted by atomic mass is 79.9. The average molecular weight is 436 g/mol. The molecule has 0 amide bonds. The molecule has 5 nitrogen and oxygen atoms in total. The second-order valence-electron chi connectivity index (χ2n) is 5.73. The van der Waals surface area contributed by atoms with Gasteiger partial charge in [0.2, 0.25) is 0 Å². The van der Waals surface area contributed by atoms with E-state index < -0.39 is 17.6 Å². The van der Waals surface area contributed by atoms with Gasteiger partial charge in [-0.3, -0.25) is 0 Å². The fraction of sp³-hybridized carbons (Fsp3) is 0.211. The lowest BCUT2D eigenvalue weighted by molar-refractivity contribution is 0.0315. The lowest BCUT2D eigenvalue weighted by Gasteiger charge is -2.16. The molecule has 0 fully saturated rings. The van der Waals surface area contributed by atoms with Crippen LogP contribution in [-0.4, -0.2) is 27.6 Å². The minimum absolute atomic E-state index is 0.0542. The van der Waals surface area contributed by atoms with Crippen molar-refractivity contribution in [2.24, 2.45) is 0 Å². The number of hydrogen-bond donors (Lipinski definition) is 0. The van der Waals surface area contributed by atoms with Crippen LogP contribution in [-0.2, 0) is 17.2 Å². The summed E-state index contributed by atoms with van der Waals surface area (Å²) in [5.41, 5.74) is -0.567. The number of carbonyl (C=O) groups is 1. The van der Waals surface area contributed by atoms with Crippen molar-refractivity contribution < 1.29 is 18.3 Å².